The lowest BCUT2D eigenvalue weighted by Gasteiger charge is -2.23. The minimum atomic E-state index is -1.90. The van der Waals surface area contributed by atoms with E-state index in [0.29, 0.717) is 23.4 Å². The number of carbonyl (C=O) groups is 2. The van der Waals surface area contributed by atoms with Crippen LogP contribution in [0.15, 0.2) is 103 Å². The number of fused-ring (bicyclic) bond motifs is 1. The Labute approximate surface area is 186 Å². The molecule has 0 aliphatic carbocycles. The summed E-state index contributed by atoms with van der Waals surface area (Å²) in [6.07, 6.45) is 3.48. The van der Waals surface area contributed by atoms with Gasteiger partial charge in [0, 0.05) is 29.2 Å². The highest BCUT2D eigenvalue weighted by atomic mass is 16.3. The van der Waals surface area contributed by atoms with Gasteiger partial charge in [-0.25, -0.2) is 0 Å². The monoisotopic (exact) mass is 422 g/mol. The molecule has 0 fully saturated rings. The Balaban J connectivity index is 1.46. The first kappa shape index (κ1) is 20.0. The summed E-state index contributed by atoms with van der Waals surface area (Å²) in [5.41, 5.74) is 1.46. The fourth-order valence-corrected chi connectivity index (χ4v) is 4.28. The summed E-state index contributed by atoms with van der Waals surface area (Å²) >= 11 is 0. The van der Waals surface area contributed by atoms with Gasteiger partial charge in [0.1, 0.15) is 0 Å². The summed E-state index contributed by atoms with van der Waals surface area (Å²) in [5, 5.41) is 11.5. The van der Waals surface area contributed by atoms with Gasteiger partial charge in [-0.2, -0.15) is 0 Å². The number of benzene rings is 3. The van der Waals surface area contributed by atoms with Crippen LogP contribution in [-0.4, -0.2) is 21.4 Å². The molecule has 1 unspecified atom stereocenters. The van der Waals surface area contributed by atoms with Gasteiger partial charge in [-0.1, -0.05) is 60.7 Å². The molecule has 0 radical (unpaired) electrons. The molecule has 5 heteroatoms. The number of amides is 1. The normalized spacial score (nSPS) is 17.4. The third-order valence-electron chi connectivity index (χ3n) is 5.91. The van der Waals surface area contributed by atoms with Gasteiger partial charge in [0.15, 0.2) is 11.4 Å². The molecule has 1 amide bonds. The Bertz CT molecular complexity index is 1280. The first-order valence-electron chi connectivity index (χ1n) is 10.5. The predicted molar refractivity (Wildman–Crippen MR) is 123 cm³/mol. The largest absolute Gasteiger partial charge is 0.375 e. The molecule has 158 valence electrons. The summed E-state index contributed by atoms with van der Waals surface area (Å²) in [7, 11) is 0. The average Bonchev–Trinajstić information content (AvgIpc) is 3.43. The molecule has 0 bridgehead atoms. The van der Waals surface area contributed by atoms with Gasteiger partial charge in [0.05, 0.1) is 18.7 Å². The number of aliphatic hydroxyl groups is 1. The van der Waals surface area contributed by atoms with Crippen LogP contribution in [0.3, 0.4) is 0 Å². The Morgan fingerprint density at radius 1 is 0.844 bits per heavy atom. The van der Waals surface area contributed by atoms with Gasteiger partial charge in [-0.05, 0) is 35.9 Å². The topological polar surface area (TPSA) is 62.5 Å². The van der Waals surface area contributed by atoms with Crippen LogP contribution in [-0.2, 0) is 16.9 Å². The standard InChI is InChI=1S/C27H22N2O3/c30-25(21-11-8-12-22(17-21)28-15-6-7-16-28)18-27(32)23-13-4-5-14-24(23)29(26(27)31)19-20-9-2-1-3-10-20/h1-17,32H,18-19H2. The van der Waals surface area contributed by atoms with E-state index in [0.717, 1.165) is 11.3 Å². The van der Waals surface area contributed by atoms with E-state index in [4.69, 9.17) is 0 Å². The first-order chi connectivity index (χ1) is 15.6. The number of hydrogen-bond acceptors (Lipinski definition) is 3. The Kier molecular flexibility index (Phi) is 4.96. The van der Waals surface area contributed by atoms with Crippen LogP contribution < -0.4 is 4.90 Å². The lowest BCUT2D eigenvalue weighted by Crippen LogP contribution is -2.41. The number of rotatable bonds is 6. The Hall–Kier alpha value is -3.96. The van der Waals surface area contributed by atoms with Gasteiger partial charge in [0.25, 0.3) is 5.91 Å². The van der Waals surface area contributed by atoms with E-state index in [2.05, 4.69) is 0 Å². The maximum absolute atomic E-state index is 13.4. The Morgan fingerprint density at radius 3 is 2.34 bits per heavy atom. The van der Waals surface area contributed by atoms with Crippen molar-refractivity contribution in [1.29, 1.82) is 0 Å². The smallest absolute Gasteiger partial charge is 0.264 e. The molecule has 4 aromatic rings. The van der Waals surface area contributed by atoms with E-state index in [1.807, 2.05) is 77.6 Å². The van der Waals surface area contributed by atoms with Crippen LogP contribution in [0.4, 0.5) is 5.69 Å². The van der Waals surface area contributed by atoms with E-state index >= 15 is 0 Å². The van der Waals surface area contributed by atoms with E-state index in [1.165, 1.54) is 0 Å². The lowest BCUT2D eigenvalue weighted by atomic mass is 9.88. The molecule has 0 saturated carbocycles. The van der Waals surface area contributed by atoms with Crippen molar-refractivity contribution in [2.24, 2.45) is 0 Å². The van der Waals surface area contributed by atoms with Gasteiger partial charge in [0.2, 0.25) is 0 Å². The number of anilines is 1. The second-order valence-corrected chi connectivity index (χ2v) is 7.99. The molecule has 2 heterocycles. The van der Waals surface area contributed by atoms with Crippen LogP contribution in [0.5, 0.6) is 0 Å². The van der Waals surface area contributed by atoms with Crippen molar-refractivity contribution in [3.63, 3.8) is 0 Å². The number of ketones is 1. The molecule has 1 aliphatic heterocycles. The molecular weight excluding hydrogens is 400 g/mol. The van der Waals surface area contributed by atoms with Gasteiger partial charge >= 0.3 is 0 Å². The SMILES string of the molecule is O=C(CC1(O)C(=O)N(Cc2ccccc2)c2ccccc21)c1cccc(-n2cccc2)c1. The molecule has 5 rings (SSSR count). The molecule has 1 N–H and O–H groups in total. The lowest BCUT2D eigenvalue weighted by molar-refractivity contribution is -0.136. The zero-order chi connectivity index (χ0) is 22.1. The summed E-state index contributed by atoms with van der Waals surface area (Å²) in [6.45, 7) is 0.330. The van der Waals surface area contributed by atoms with Crippen molar-refractivity contribution in [2.75, 3.05) is 4.90 Å². The highest BCUT2D eigenvalue weighted by Gasteiger charge is 2.50. The molecular formula is C27H22N2O3. The summed E-state index contributed by atoms with van der Waals surface area (Å²) < 4.78 is 1.91. The van der Waals surface area contributed by atoms with Crippen molar-refractivity contribution in [3.05, 3.63) is 120 Å². The number of hydrogen-bond donors (Lipinski definition) is 1. The molecule has 32 heavy (non-hydrogen) atoms. The molecule has 1 atom stereocenters. The van der Waals surface area contributed by atoms with Crippen molar-refractivity contribution in [1.82, 2.24) is 4.57 Å². The van der Waals surface area contributed by atoms with Crippen LogP contribution in [0.25, 0.3) is 5.69 Å². The molecule has 5 nitrogen and oxygen atoms in total. The molecule has 0 spiro atoms. The quantitative estimate of drug-likeness (QED) is 0.466. The molecule has 3 aromatic carbocycles. The van der Waals surface area contributed by atoms with Crippen LogP contribution >= 0.6 is 0 Å². The summed E-state index contributed by atoms with van der Waals surface area (Å²) in [5.74, 6) is -0.760. The zero-order valence-corrected chi connectivity index (χ0v) is 17.4. The predicted octanol–water partition coefficient (Wildman–Crippen LogP) is 4.48. The molecule has 1 aliphatic rings. The number of nitrogens with zero attached hydrogens (tertiary/aromatic N) is 2. The maximum atomic E-state index is 13.4. The number of Topliss-reactive ketones (excluding diaryl/α,β-unsaturated/α-hetero) is 1. The van der Waals surface area contributed by atoms with Gasteiger partial charge in [-0.15, -0.1) is 0 Å². The number of para-hydroxylation sites is 1. The second-order valence-electron chi connectivity index (χ2n) is 7.99. The second kappa shape index (κ2) is 7.94. The van der Waals surface area contributed by atoms with Crippen molar-refractivity contribution < 1.29 is 14.7 Å². The van der Waals surface area contributed by atoms with Crippen molar-refractivity contribution in [2.45, 2.75) is 18.6 Å². The van der Waals surface area contributed by atoms with Crippen molar-refractivity contribution >= 4 is 17.4 Å². The highest BCUT2D eigenvalue weighted by molar-refractivity contribution is 6.10. The number of carbonyl (C=O) groups excluding carboxylic acids is 2. The third-order valence-corrected chi connectivity index (χ3v) is 5.91. The van der Waals surface area contributed by atoms with Crippen LogP contribution in [0.1, 0.15) is 27.9 Å². The fraction of sp³-hybridized carbons (Fsp3) is 0.111. The zero-order valence-electron chi connectivity index (χ0n) is 17.4. The summed E-state index contributed by atoms with van der Waals surface area (Å²) in [4.78, 5) is 28.2. The van der Waals surface area contributed by atoms with E-state index in [-0.39, 0.29) is 12.2 Å². The third kappa shape index (κ3) is 3.43. The fourth-order valence-electron chi connectivity index (χ4n) is 4.28. The molecule has 1 aromatic heterocycles. The van der Waals surface area contributed by atoms with E-state index in [9.17, 15) is 14.7 Å². The van der Waals surface area contributed by atoms with E-state index in [1.54, 1.807) is 35.2 Å². The van der Waals surface area contributed by atoms with Gasteiger partial charge < -0.3 is 14.6 Å². The minimum Gasteiger partial charge on any atom is -0.375 e. The number of aromatic nitrogens is 1. The van der Waals surface area contributed by atoms with Gasteiger partial charge in [-0.3, -0.25) is 9.59 Å². The minimum absolute atomic E-state index is 0.286. The summed E-state index contributed by atoms with van der Waals surface area (Å²) in [6, 6.07) is 27.8. The van der Waals surface area contributed by atoms with Crippen LogP contribution in [0, 0.1) is 0 Å². The first-order valence-corrected chi connectivity index (χ1v) is 10.5. The maximum Gasteiger partial charge on any atom is 0.264 e. The molecule has 0 saturated heterocycles. The van der Waals surface area contributed by atoms with E-state index < -0.39 is 11.5 Å². The highest BCUT2D eigenvalue weighted by Crippen LogP contribution is 2.43. The average molecular weight is 422 g/mol. The Morgan fingerprint density at radius 2 is 1.56 bits per heavy atom. The van der Waals surface area contributed by atoms with Crippen LogP contribution in [0.2, 0.25) is 0 Å². The van der Waals surface area contributed by atoms with Crippen molar-refractivity contribution in [3.8, 4) is 5.69 Å².